The number of fused-ring (bicyclic) bond motifs is 1. The molecule has 0 saturated heterocycles. The average Bonchev–Trinajstić information content (AvgIpc) is 2.97. The van der Waals surface area contributed by atoms with Gasteiger partial charge < -0.3 is 11.1 Å². The number of nitrogens with two attached hydrogens (primary N) is 1. The Morgan fingerprint density at radius 1 is 1.39 bits per heavy atom. The molecule has 3 N–H and O–H groups in total. The normalized spacial score (nSPS) is 20.9. The number of pyridine rings is 1. The third kappa shape index (κ3) is 1.90. The molecule has 3 rings (SSSR count). The van der Waals surface area contributed by atoms with Crippen LogP contribution in [0, 0.1) is 11.3 Å². The predicted octanol–water partition coefficient (Wildman–Crippen LogP) is 3.28. The highest BCUT2D eigenvalue weighted by molar-refractivity contribution is 5.98. The zero-order chi connectivity index (χ0) is 12.8. The van der Waals surface area contributed by atoms with E-state index in [4.69, 9.17) is 5.73 Å². The summed E-state index contributed by atoms with van der Waals surface area (Å²) in [5.41, 5.74) is 9.21. The van der Waals surface area contributed by atoms with Gasteiger partial charge in [0.15, 0.2) is 0 Å². The molecule has 3 heteroatoms. The highest BCUT2D eigenvalue weighted by Crippen LogP contribution is 2.51. The van der Waals surface area contributed by atoms with Crippen molar-refractivity contribution in [3.05, 3.63) is 30.5 Å². The number of anilines is 2. The fourth-order valence-corrected chi connectivity index (χ4v) is 2.51. The first-order valence-corrected chi connectivity index (χ1v) is 6.45. The molecule has 1 saturated carbocycles. The quantitative estimate of drug-likeness (QED) is 0.811. The highest BCUT2D eigenvalue weighted by Gasteiger charge is 2.44. The molecule has 0 spiro atoms. The molecule has 1 aromatic heterocycles. The van der Waals surface area contributed by atoms with Crippen LogP contribution in [0.1, 0.15) is 20.3 Å². The van der Waals surface area contributed by atoms with E-state index in [1.165, 1.54) is 6.42 Å². The van der Waals surface area contributed by atoms with Crippen LogP contribution in [0.25, 0.3) is 10.9 Å². The summed E-state index contributed by atoms with van der Waals surface area (Å²) < 4.78 is 0. The Kier molecular flexibility index (Phi) is 2.44. The predicted molar refractivity (Wildman–Crippen MR) is 76.5 cm³/mol. The van der Waals surface area contributed by atoms with Gasteiger partial charge in [0.2, 0.25) is 0 Å². The van der Waals surface area contributed by atoms with Gasteiger partial charge in [0.05, 0.1) is 11.2 Å². The molecule has 3 nitrogen and oxygen atoms in total. The maximum atomic E-state index is 5.95. The van der Waals surface area contributed by atoms with Crippen molar-refractivity contribution in [2.75, 3.05) is 17.6 Å². The van der Waals surface area contributed by atoms with Crippen LogP contribution in [-0.2, 0) is 0 Å². The average molecular weight is 241 g/mol. The number of hydrogen-bond acceptors (Lipinski definition) is 3. The molecule has 2 aromatic rings. The molecule has 18 heavy (non-hydrogen) atoms. The van der Waals surface area contributed by atoms with Crippen LogP contribution in [0.3, 0.4) is 0 Å². The number of hydrogen-bond donors (Lipinski definition) is 2. The zero-order valence-corrected chi connectivity index (χ0v) is 10.9. The Hall–Kier alpha value is -1.77. The van der Waals surface area contributed by atoms with Crippen molar-refractivity contribution in [2.24, 2.45) is 11.3 Å². The van der Waals surface area contributed by atoms with Crippen LogP contribution in [0.4, 0.5) is 11.4 Å². The van der Waals surface area contributed by atoms with Crippen molar-refractivity contribution in [3.8, 4) is 0 Å². The number of benzene rings is 1. The maximum absolute atomic E-state index is 5.95. The molecule has 1 aliphatic rings. The van der Waals surface area contributed by atoms with E-state index in [9.17, 15) is 0 Å². The lowest BCUT2D eigenvalue weighted by atomic mass is 10.1. The van der Waals surface area contributed by atoms with E-state index >= 15 is 0 Å². The molecule has 0 amide bonds. The third-order valence-electron chi connectivity index (χ3n) is 4.06. The van der Waals surface area contributed by atoms with Crippen molar-refractivity contribution < 1.29 is 0 Å². The number of nitrogen functional groups attached to an aromatic ring is 1. The Morgan fingerprint density at radius 3 is 2.89 bits per heavy atom. The van der Waals surface area contributed by atoms with Crippen LogP contribution >= 0.6 is 0 Å². The lowest BCUT2D eigenvalue weighted by molar-refractivity contribution is 0.573. The summed E-state index contributed by atoms with van der Waals surface area (Å²) in [5, 5.41) is 4.64. The van der Waals surface area contributed by atoms with Crippen LogP contribution in [0.5, 0.6) is 0 Å². The Bertz CT molecular complexity index is 589. The van der Waals surface area contributed by atoms with E-state index in [-0.39, 0.29) is 0 Å². The van der Waals surface area contributed by atoms with Crippen LogP contribution in [-0.4, -0.2) is 11.5 Å². The number of aromatic nitrogens is 1. The maximum Gasteiger partial charge on any atom is 0.0951 e. The van der Waals surface area contributed by atoms with Gasteiger partial charge in [-0.2, -0.15) is 0 Å². The summed E-state index contributed by atoms with van der Waals surface area (Å²) in [7, 11) is 0. The molecule has 1 heterocycles. The lowest BCUT2D eigenvalue weighted by Gasteiger charge is -2.11. The van der Waals surface area contributed by atoms with Crippen molar-refractivity contribution in [1.29, 1.82) is 0 Å². The summed E-state index contributed by atoms with van der Waals surface area (Å²) in [4.78, 5) is 4.35. The number of nitrogens with one attached hydrogen (secondary N) is 1. The molecule has 1 unspecified atom stereocenters. The van der Waals surface area contributed by atoms with Crippen molar-refractivity contribution in [3.63, 3.8) is 0 Å². The van der Waals surface area contributed by atoms with Gasteiger partial charge in [0, 0.05) is 23.8 Å². The van der Waals surface area contributed by atoms with Gasteiger partial charge in [0.1, 0.15) is 0 Å². The molecule has 0 bridgehead atoms. The fraction of sp³-hybridized carbons (Fsp3) is 0.400. The van der Waals surface area contributed by atoms with Gasteiger partial charge in [-0.15, -0.1) is 0 Å². The second kappa shape index (κ2) is 3.87. The minimum Gasteiger partial charge on any atom is -0.397 e. The van der Waals surface area contributed by atoms with Crippen LogP contribution in [0.2, 0.25) is 0 Å². The number of rotatable bonds is 3. The molecule has 0 radical (unpaired) electrons. The molecule has 1 aromatic carbocycles. The summed E-state index contributed by atoms with van der Waals surface area (Å²) in [6.07, 6.45) is 3.09. The molecule has 1 fully saturated rings. The first-order valence-electron chi connectivity index (χ1n) is 6.45. The molecule has 0 aliphatic heterocycles. The molecule has 1 atom stereocenters. The van der Waals surface area contributed by atoms with E-state index in [1.807, 2.05) is 12.1 Å². The first-order chi connectivity index (χ1) is 8.58. The molecular formula is C15H19N3. The van der Waals surface area contributed by atoms with Crippen molar-refractivity contribution in [1.82, 2.24) is 4.98 Å². The van der Waals surface area contributed by atoms with E-state index < -0.39 is 0 Å². The van der Waals surface area contributed by atoms with Crippen molar-refractivity contribution >= 4 is 22.3 Å². The molecule has 1 aliphatic carbocycles. The van der Waals surface area contributed by atoms with Gasteiger partial charge in [-0.1, -0.05) is 13.8 Å². The smallest absolute Gasteiger partial charge is 0.0951 e. The first kappa shape index (κ1) is 11.3. The van der Waals surface area contributed by atoms with Crippen LogP contribution < -0.4 is 11.1 Å². The van der Waals surface area contributed by atoms with Gasteiger partial charge in [-0.25, -0.2) is 0 Å². The van der Waals surface area contributed by atoms with E-state index in [1.54, 1.807) is 6.20 Å². The summed E-state index contributed by atoms with van der Waals surface area (Å²) in [6, 6.07) is 8.00. The molecular weight excluding hydrogens is 222 g/mol. The summed E-state index contributed by atoms with van der Waals surface area (Å²) >= 11 is 0. The largest absolute Gasteiger partial charge is 0.397 e. The second-order valence-corrected chi connectivity index (χ2v) is 5.87. The third-order valence-corrected chi connectivity index (χ3v) is 4.06. The Balaban J connectivity index is 1.86. The summed E-state index contributed by atoms with van der Waals surface area (Å²) in [5.74, 6) is 0.779. The minimum absolute atomic E-state index is 0.509. The van der Waals surface area contributed by atoms with E-state index in [0.717, 1.165) is 34.7 Å². The number of nitrogens with zero attached hydrogens (tertiary/aromatic N) is 1. The van der Waals surface area contributed by atoms with Gasteiger partial charge in [-0.05, 0) is 42.0 Å². The Labute approximate surface area is 107 Å². The Morgan fingerprint density at radius 2 is 2.17 bits per heavy atom. The fourth-order valence-electron chi connectivity index (χ4n) is 2.51. The minimum atomic E-state index is 0.509. The standard InChI is InChI=1S/C15H19N3/c1-15(2)8-10(15)9-18-13-6-5-12(16)14-11(13)4-3-7-17-14/h3-7,10,18H,8-9,16H2,1-2H3. The van der Waals surface area contributed by atoms with E-state index in [2.05, 4.69) is 36.3 Å². The lowest BCUT2D eigenvalue weighted by Crippen LogP contribution is -2.07. The highest BCUT2D eigenvalue weighted by atomic mass is 14.9. The molecule has 94 valence electrons. The van der Waals surface area contributed by atoms with E-state index in [0.29, 0.717) is 5.41 Å². The van der Waals surface area contributed by atoms with Gasteiger partial charge >= 0.3 is 0 Å². The van der Waals surface area contributed by atoms with Crippen molar-refractivity contribution in [2.45, 2.75) is 20.3 Å². The topological polar surface area (TPSA) is 50.9 Å². The van der Waals surface area contributed by atoms with Gasteiger partial charge in [0.25, 0.3) is 0 Å². The SMILES string of the molecule is CC1(C)CC1CNc1ccc(N)c2ncccc12. The second-order valence-electron chi connectivity index (χ2n) is 5.87. The summed E-state index contributed by atoms with van der Waals surface area (Å²) in [6.45, 7) is 5.67. The zero-order valence-electron chi connectivity index (χ0n) is 10.9. The van der Waals surface area contributed by atoms with Crippen LogP contribution in [0.15, 0.2) is 30.5 Å². The van der Waals surface area contributed by atoms with Gasteiger partial charge in [-0.3, -0.25) is 4.98 Å². The monoisotopic (exact) mass is 241 g/mol.